The zero-order chi connectivity index (χ0) is 13.4. The Morgan fingerprint density at radius 1 is 1.29 bits per heavy atom. The Balaban J connectivity index is 4.42. The van der Waals surface area contributed by atoms with E-state index < -0.39 is 12.1 Å². The summed E-state index contributed by atoms with van der Waals surface area (Å²) in [6, 6.07) is -1.30. The van der Waals surface area contributed by atoms with Crippen molar-refractivity contribution >= 4 is 11.8 Å². The molecular weight excluding hydrogens is 222 g/mol. The maximum Gasteiger partial charge on any atom is 0.242 e. The lowest BCUT2D eigenvalue weighted by atomic mass is 10.0. The number of rotatable bonds is 7. The quantitative estimate of drug-likeness (QED) is 0.549. The van der Waals surface area contributed by atoms with Gasteiger partial charge in [0.05, 0.1) is 6.61 Å². The molecule has 0 saturated carbocycles. The van der Waals surface area contributed by atoms with Crippen molar-refractivity contribution in [2.75, 3.05) is 20.8 Å². The molecule has 2 amide bonds. The third-order valence-corrected chi connectivity index (χ3v) is 2.27. The van der Waals surface area contributed by atoms with E-state index in [9.17, 15) is 9.59 Å². The predicted molar refractivity (Wildman–Crippen MR) is 65.3 cm³/mol. The fourth-order valence-corrected chi connectivity index (χ4v) is 1.41. The highest BCUT2D eigenvalue weighted by molar-refractivity contribution is 5.89. The molecule has 0 bridgehead atoms. The third kappa shape index (κ3) is 6.23. The van der Waals surface area contributed by atoms with Gasteiger partial charge in [0.15, 0.2) is 0 Å². The minimum Gasteiger partial charge on any atom is -0.383 e. The molecule has 100 valence electrons. The Labute approximate surface area is 102 Å². The maximum absolute atomic E-state index is 11.6. The molecule has 0 aromatic heterocycles. The van der Waals surface area contributed by atoms with Crippen LogP contribution in [-0.4, -0.2) is 44.7 Å². The molecule has 0 aliphatic heterocycles. The van der Waals surface area contributed by atoms with E-state index in [0.29, 0.717) is 12.3 Å². The average molecular weight is 245 g/mol. The topological polar surface area (TPSA) is 93.5 Å². The van der Waals surface area contributed by atoms with Gasteiger partial charge in [-0.15, -0.1) is 0 Å². The van der Waals surface area contributed by atoms with E-state index in [1.165, 1.54) is 14.2 Å². The van der Waals surface area contributed by atoms with Gasteiger partial charge in [-0.05, 0) is 12.3 Å². The second-order valence-corrected chi connectivity index (χ2v) is 4.37. The van der Waals surface area contributed by atoms with Crippen LogP contribution in [0.4, 0.5) is 0 Å². The number of methoxy groups -OCH3 is 1. The number of likely N-dealkylation sites (N-methyl/N-ethyl adjacent to an activating group) is 1. The van der Waals surface area contributed by atoms with Crippen molar-refractivity contribution in [1.82, 2.24) is 10.6 Å². The zero-order valence-electron chi connectivity index (χ0n) is 10.9. The van der Waals surface area contributed by atoms with Crippen LogP contribution in [0.25, 0.3) is 0 Å². The van der Waals surface area contributed by atoms with Crippen LogP contribution in [0, 0.1) is 5.92 Å². The van der Waals surface area contributed by atoms with Gasteiger partial charge >= 0.3 is 0 Å². The van der Waals surface area contributed by atoms with E-state index in [1.54, 1.807) is 0 Å². The lowest BCUT2D eigenvalue weighted by molar-refractivity contribution is -0.130. The van der Waals surface area contributed by atoms with Gasteiger partial charge in [-0.3, -0.25) is 9.59 Å². The van der Waals surface area contributed by atoms with Crippen LogP contribution >= 0.6 is 0 Å². The van der Waals surface area contributed by atoms with Crippen LogP contribution in [0.1, 0.15) is 20.3 Å². The first-order chi connectivity index (χ1) is 7.92. The third-order valence-electron chi connectivity index (χ3n) is 2.27. The van der Waals surface area contributed by atoms with Gasteiger partial charge in [-0.25, -0.2) is 0 Å². The molecule has 4 N–H and O–H groups in total. The molecular formula is C11H23N3O3. The summed E-state index contributed by atoms with van der Waals surface area (Å²) in [6.45, 7) is 4.10. The molecule has 0 saturated heterocycles. The zero-order valence-corrected chi connectivity index (χ0v) is 10.9. The fourth-order valence-electron chi connectivity index (χ4n) is 1.41. The summed E-state index contributed by atoms with van der Waals surface area (Å²) in [6.07, 6.45) is 0.575. The minimum atomic E-state index is -0.751. The van der Waals surface area contributed by atoms with E-state index in [1.807, 2.05) is 13.8 Å². The van der Waals surface area contributed by atoms with E-state index in [4.69, 9.17) is 10.5 Å². The van der Waals surface area contributed by atoms with Crippen LogP contribution < -0.4 is 16.4 Å². The van der Waals surface area contributed by atoms with Crippen LogP contribution in [0.2, 0.25) is 0 Å². The van der Waals surface area contributed by atoms with Crippen LogP contribution in [0.15, 0.2) is 0 Å². The molecule has 0 aromatic rings. The number of hydrogen-bond acceptors (Lipinski definition) is 4. The van der Waals surface area contributed by atoms with Crippen molar-refractivity contribution in [2.24, 2.45) is 11.7 Å². The van der Waals surface area contributed by atoms with E-state index >= 15 is 0 Å². The minimum absolute atomic E-state index is 0.133. The monoisotopic (exact) mass is 245 g/mol. The van der Waals surface area contributed by atoms with Gasteiger partial charge in [-0.2, -0.15) is 0 Å². The molecule has 17 heavy (non-hydrogen) atoms. The Kier molecular flexibility index (Phi) is 7.49. The van der Waals surface area contributed by atoms with Crippen LogP contribution in [-0.2, 0) is 14.3 Å². The highest BCUT2D eigenvalue weighted by atomic mass is 16.5. The number of nitrogens with one attached hydrogen (secondary N) is 2. The standard InChI is InChI=1S/C11H23N3O3/c1-7(2)5-9(11(16)13-3)14-10(15)8(12)6-17-4/h7-9H,5-6,12H2,1-4H3,(H,13,16)(H,14,15). The molecule has 6 nitrogen and oxygen atoms in total. The lowest BCUT2D eigenvalue weighted by Gasteiger charge is -2.21. The largest absolute Gasteiger partial charge is 0.383 e. The summed E-state index contributed by atoms with van der Waals surface area (Å²) in [5, 5.41) is 5.15. The first-order valence-corrected chi connectivity index (χ1v) is 5.68. The number of hydrogen-bond donors (Lipinski definition) is 3. The summed E-state index contributed by atoms with van der Waals surface area (Å²) in [4.78, 5) is 23.2. The Morgan fingerprint density at radius 2 is 1.88 bits per heavy atom. The van der Waals surface area contributed by atoms with E-state index in [2.05, 4.69) is 10.6 Å². The SMILES string of the molecule is CNC(=O)C(CC(C)C)NC(=O)C(N)COC. The first-order valence-electron chi connectivity index (χ1n) is 5.68. The van der Waals surface area contributed by atoms with Crippen molar-refractivity contribution in [2.45, 2.75) is 32.4 Å². The Bertz CT molecular complexity index is 256. The van der Waals surface area contributed by atoms with Crippen LogP contribution in [0.5, 0.6) is 0 Å². The van der Waals surface area contributed by atoms with Gasteiger partial charge in [0.25, 0.3) is 0 Å². The van der Waals surface area contributed by atoms with Crippen molar-refractivity contribution in [1.29, 1.82) is 0 Å². The normalized spacial score (nSPS) is 14.2. The lowest BCUT2D eigenvalue weighted by Crippen LogP contribution is -2.52. The summed E-state index contributed by atoms with van der Waals surface area (Å²) < 4.78 is 4.79. The molecule has 0 spiro atoms. The maximum atomic E-state index is 11.6. The number of amides is 2. The molecule has 0 fully saturated rings. The number of nitrogens with two attached hydrogens (primary N) is 1. The van der Waals surface area contributed by atoms with E-state index in [-0.39, 0.29) is 18.4 Å². The average Bonchev–Trinajstić information content (AvgIpc) is 2.26. The first kappa shape index (κ1) is 15.9. The second kappa shape index (κ2) is 8.03. The molecule has 2 unspecified atom stereocenters. The number of carbonyl (C=O) groups is 2. The molecule has 2 atom stereocenters. The summed E-state index contributed by atoms with van der Waals surface area (Å²) in [5.74, 6) is -0.283. The van der Waals surface area contributed by atoms with Crippen LogP contribution in [0.3, 0.4) is 0 Å². The van der Waals surface area contributed by atoms with E-state index in [0.717, 1.165) is 0 Å². The molecule has 0 aliphatic carbocycles. The highest BCUT2D eigenvalue weighted by Gasteiger charge is 2.23. The fraction of sp³-hybridized carbons (Fsp3) is 0.818. The molecule has 0 aromatic carbocycles. The molecule has 6 heteroatoms. The smallest absolute Gasteiger partial charge is 0.242 e. The van der Waals surface area contributed by atoms with Gasteiger partial charge in [0.1, 0.15) is 12.1 Å². The van der Waals surface area contributed by atoms with Gasteiger partial charge in [0.2, 0.25) is 11.8 Å². The summed E-state index contributed by atoms with van der Waals surface area (Å²) in [7, 11) is 3.01. The Morgan fingerprint density at radius 3 is 2.29 bits per heavy atom. The Hall–Kier alpha value is -1.14. The summed E-state index contributed by atoms with van der Waals surface area (Å²) >= 11 is 0. The molecule has 0 heterocycles. The van der Waals surface area contributed by atoms with Crippen molar-refractivity contribution in [3.8, 4) is 0 Å². The predicted octanol–water partition coefficient (Wildman–Crippen LogP) is -0.763. The van der Waals surface area contributed by atoms with Gasteiger partial charge in [0, 0.05) is 14.2 Å². The summed E-state index contributed by atoms with van der Waals surface area (Å²) in [5.41, 5.74) is 5.58. The molecule has 0 radical (unpaired) electrons. The van der Waals surface area contributed by atoms with Gasteiger partial charge in [-0.1, -0.05) is 13.8 Å². The molecule has 0 aliphatic rings. The highest BCUT2D eigenvalue weighted by Crippen LogP contribution is 2.05. The van der Waals surface area contributed by atoms with Crippen molar-refractivity contribution in [3.05, 3.63) is 0 Å². The second-order valence-electron chi connectivity index (χ2n) is 4.37. The number of carbonyl (C=O) groups excluding carboxylic acids is 2. The van der Waals surface area contributed by atoms with Crippen molar-refractivity contribution in [3.63, 3.8) is 0 Å². The van der Waals surface area contributed by atoms with Gasteiger partial charge < -0.3 is 21.1 Å². The molecule has 0 rings (SSSR count). The van der Waals surface area contributed by atoms with Crippen molar-refractivity contribution < 1.29 is 14.3 Å². The number of ether oxygens (including phenoxy) is 1.